The summed E-state index contributed by atoms with van der Waals surface area (Å²) in [7, 11) is 0. The molecule has 7 aromatic rings. The average molecular weight is 721 g/mol. The Labute approximate surface area is 311 Å². The second-order valence-corrected chi connectivity index (χ2v) is 13.4. The van der Waals surface area contributed by atoms with Crippen molar-refractivity contribution in [1.82, 2.24) is 39.4 Å². The molecule has 4 aromatic heterocycles. The fraction of sp³-hybridized carbons (Fsp3) is 0.220. The molecule has 54 heavy (non-hydrogen) atoms. The Morgan fingerprint density at radius 1 is 0.630 bits per heavy atom. The van der Waals surface area contributed by atoms with Crippen molar-refractivity contribution >= 4 is 34.7 Å². The highest BCUT2D eigenvalue weighted by Gasteiger charge is 2.24. The van der Waals surface area contributed by atoms with E-state index in [1.165, 1.54) is 5.56 Å². The Balaban J connectivity index is 0.000000155. The van der Waals surface area contributed by atoms with Gasteiger partial charge in [-0.15, -0.1) is 0 Å². The zero-order valence-electron chi connectivity index (χ0n) is 29.5. The first-order chi connectivity index (χ1) is 26.5. The van der Waals surface area contributed by atoms with E-state index in [1.54, 1.807) is 18.6 Å². The monoisotopic (exact) mass is 720 g/mol. The molecular formula is C41H40N10O3. The predicted octanol–water partition coefficient (Wildman–Crippen LogP) is 5.59. The van der Waals surface area contributed by atoms with Crippen LogP contribution in [-0.4, -0.2) is 70.9 Å². The summed E-state index contributed by atoms with van der Waals surface area (Å²) in [5.41, 5.74) is 7.84. The van der Waals surface area contributed by atoms with Gasteiger partial charge in [-0.1, -0.05) is 54.6 Å². The molecule has 2 fully saturated rings. The van der Waals surface area contributed by atoms with Crippen molar-refractivity contribution < 1.29 is 14.7 Å². The molecule has 13 nitrogen and oxygen atoms in total. The van der Waals surface area contributed by atoms with Crippen LogP contribution in [-0.2, 0) is 6.54 Å². The van der Waals surface area contributed by atoms with Crippen molar-refractivity contribution in [3.63, 3.8) is 0 Å². The molecular weight excluding hydrogens is 681 g/mol. The van der Waals surface area contributed by atoms with E-state index >= 15 is 0 Å². The Hall–Kier alpha value is -6.60. The van der Waals surface area contributed by atoms with Crippen LogP contribution in [0.4, 0.5) is 11.6 Å². The van der Waals surface area contributed by atoms with E-state index in [2.05, 4.69) is 53.3 Å². The highest BCUT2D eigenvalue weighted by atomic mass is 16.3. The number of benzene rings is 3. The topological polar surface area (TPSA) is 163 Å². The summed E-state index contributed by atoms with van der Waals surface area (Å²) in [5.74, 6) is 1.34. The van der Waals surface area contributed by atoms with Gasteiger partial charge in [-0.05, 0) is 55.5 Å². The summed E-state index contributed by atoms with van der Waals surface area (Å²) in [4.78, 5) is 42.0. The number of rotatable bonds is 12. The number of aromatic nitrogens is 6. The van der Waals surface area contributed by atoms with E-state index < -0.39 is 0 Å². The summed E-state index contributed by atoms with van der Waals surface area (Å²) >= 11 is 0. The minimum Gasteiger partial charge on any atom is -0.395 e. The number of nitrogens with one attached hydrogen (secondary N) is 4. The number of carbonyl (C=O) groups is 2. The lowest BCUT2D eigenvalue weighted by Gasteiger charge is -2.08. The Morgan fingerprint density at radius 3 is 1.57 bits per heavy atom. The number of anilines is 2. The average Bonchev–Trinajstić information content (AvgIpc) is 4.13. The number of imidazole rings is 2. The molecule has 0 aliphatic heterocycles. The largest absolute Gasteiger partial charge is 0.395 e. The van der Waals surface area contributed by atoms with E-state index in [4.69, 9.17) is 5.11 Å². The van der Waals surface area contributed by atoms with Crippen molar-refractivity contribution in [2.45, 2.75) is 44.3 Å². The molecule has 2 amide bonds. The summed E-state index contributed by atoms with van der Waals surface area (Å²) in [6.45, 7) is 1.13. The maximum atomic E-state index is 12.2. The smallest absolute Gasteiger partial charge is 0.251 e. The molecule has 13 heteroatoms. The summed E-state index contributed by atoms with van der Waals surface area (Å²) in [6.07, 6.45) is 15.1. The summed E-state index contributed by atoms with van der Waals surface area (Å²) in [5, 5.41) is 21.4. The quantitative estimate of drug-likeness (QED) is 0.108. The van der Waals surface area contributed by atoms with Crippen LogP contribution in [0.25, 0.3) is 33.8 Å². The SMILES string of the molecule is O=C(NC1CC1)c1ccc(-c2cnc3c(NCCO)nccn23)cc1.O=C(NC1CC1)c1ccc(-c2cnc3c(NCc4ccccc4)nccn23)cc1. The summed E-state index contributed by atoms with van der Waals surface area (Å²) in [6, 6.07) is 26.1. The van der Waals surface area contributed by atoms with E-state index in [1.807, 2.05) is 94.1 Å². The Bertz CT molecular complexity index is 2380. The van der Waals surface area contributed by atoms with Crippen molar-refractivity contribution in [2.24, 2.45) is 0 Å². The molecule has 2 aliphatic rings. The Kier molecular flexibility index (Phi) is 9.94. The van der Waals surface area contributed by atoms with Crippen LogP contribution >= 0.6 is 0 Å². The molecule has 0 atom stereocenters. The predicted molar refractivity (Wildman–Crippen MR) is 207 cm³/mol. The number of aliphatic hydroxyl groups excluding tert-OH is 1. The fourth-order valence-electron chi connectivity index (χ4n) is 6.05. The van der Waals surface area contributed by atoms with Gasteiger partial charge in [0, 0.05) is 72.2 Å². The lowest BCUT2D eigenvalue weighted by atomic mass is 10.1. The third kappa shape index (κ3) is 7.91. The van der Waals surface area contributed by atoms with Gasteiger partial charge in [0.25, 0.3) is 11.8 Å². The van der Waals surface area contributed by atoms with Gasteiger partial charge in [-0.3, -0.25) is 18.4 Å². The van der Waals surface area contributed by atoms with Gasteiger partial charge >= 0.3 is 0 Å². The second-order valence-electron chi connectivity index (χ2n) is 13.4. The van der Waals surface area contributed by atoms with Crippen molar-refractivity contribution in [1.29, 1.82) is 0 Å². The maximum Gasteiger partial charge on any atom is 0.251 e. The maximum absolute atomic E-state index is 12.2. The highest BCUT2D eigenvalue weighted by molar-refractivity contribution is 5.95. The van der Waals surface area contributed by atoms with Crippen LogP contribution in [0.3, 0.4) is 0 Å². The molecule has 0 bridgehead atoms. The molecule has 0 saturated heterocycles. The fourth-order valence-corrected chi connectivity index (χ4v) is 6.05. The minimum absolute atomic E-state index is 0.00575. The van der Waals surface area contributed by atoms with Gasteiger partial charge in [0.1, 0.15) is 0 Å². The van der Waals surface area contributed by atoms with Gasteiger partial charge < -0.3 is 26.4 Å². The van der Waals surface area contributed by atoms with E-state index in [0.29, 0.717) is 47.8 Å². The zero-order valence-corrected chi connectivity index (χ0v) is 29.5. The van der Waals surface area contributed by atoms with Crippen LogP contribution in [0.5, 0.6) is 0 Å². The number of nitrogens with zero attached hydrogens (tertiary/aromatic N) is 6. The van der Waals surface area contributed by atoms with Gasteiger partial charge in [0.15, 0.2) is 22.9 Å². The molecule has 3 aromatic carbocycles. The third-order valence-electron chi connectivity index (χ3n) is 9.27. The van der Waals surface area contributed by atoms with Gasteiger partial charge in [-0.25, -0.2) is 19.9 Å². The molecule has 9 rings (SSSR count). The van der Waals surface area contributed by atoms with Crippen molar-refractivity contribution in [3.05, 3.63) is 133 Å². The number of carbonyl (C=O) groups excluding carboxylic acids is 2. The van der Waals surface area contributed by atoms with Crippen molar-refractivity contribution in [2.75, 3.05) is 23.8 Å². The van der Waals surface area contributed by atoms with Gasteiger partial charge in [0.2, 0.25) is 0 Å². The molecule has 0 unspecified atom stereocenters. The van der Waals surface area contributed by atoms with Gasteiger partial charge in [0.05, 0.1) is 30.4 Å². The van der Waals surface area contributed by atoms with Crippen LogP contribution in [0.2, 0.25) is 0 Å². The molecule has 2 aliphatic carbocycles. The first-order valence-corrected chi connectivity index (χ1v) is 18.1. The first-order valence-electron chi connectivity index (χ1n) is 18.1. The number of aliphatic hydroxyl groups is 1. The lowest BCUT2D eigenvalue weighted by molar-refractivity contribution is 0.0942. The molecule has 4 heterocycles. The normalized spacial score (nSPS) is 13.6. The number of hydrogen-bond acceptors (Lipinski definition) is 9. The van der Waals surface area contributed by atoms with Crippen LogP contribution in [0, 0.1) is 0 Å². The summed E-state index contributed by atoms with van der Waals surface area (Å²) < 4.78 is 3.95. The first kappa shape index (κ1) is 34.5. The van der Waals surface area contributed by atoms with E-state index in [0.717, 1.165) is 59.7 Å². The number of fused-ring (bicyclic) bond motifs is 2. The van der Waals surface area contributed by atoms with Crippen LogP contribution in [0.15, 0.2) is 116 Å². The van der Waals surface area contributed by atoms with Crippen LogP contribution < -0.4 is 21.3 Å². The van der Waals surface area contributed by atoms with E-state index in [9.17, 15) is 9.59 Å². The molecule has 0 spiro atoms. The standard InChI is InChI=1S/C23H21N5O.C18H19N5O2/c29-23(27-19-10-11-19)18-8-6-17(7-9-18)20-15-26-22-21(24-12-13-28(20)22)25-14-16-4-2-1-3-5-16;24-10-8-20-16-17-21-11-15(23(17)9-7-19-16)12-1-3-13(4-2-12)18(25)22-14-5-6-14/h1-9,12-13,15,19H,10-11,14H2,(H,24,25)(H,27,29);1-4,7,9,11,14,24H,5-6,8,10H2,(H,19,20)(H,22,25). The van der Waals surface area contributed by atoms with Crippen LogP contribution in [0.1, 0.15) is 52.0 Å². The van der Waals surface area contributed by atoms with E-state index in [-0.39, 0.29) is 18.4 Å². The second kappa shape index (κ2) is 15.6. The molecule has 0 radical (unpaired) electrons. The zero-order chi connectivity index (χ0) is 36.9. The number of hydrogen-bond donors (Lipinski definition) is 5. The van der Waals surface area contributed by atoms with Gasteiger partial charge in [-0.2, -0.15) is 0 Å². The minimum atomic E-state index is -0.0214. The molecule has 2 saturated carbocycles. The number of amides is 2. The molecule has 5 N–H and O–H groups in total. The molecule has 272 valence electrons. The lowest BCUT2D eigenvalue weighted by Crippen LogP contribution is -2.25. The van der Waals surface area contributed by atoms with Crippen molar-refractivity contribution in [3.8, 4) is 22.5 Å². The highest BCUT2D eigenvalue weighted by Crippen LogP contribution is 2.26. The Morgan fingerprint density at radius 2 is 1.11 bits per heavy atom. The third-order valence-corrected chi connectivity index (χ3v) is 9.27.